The molecule has 4 amide bonds. The van der Waals surface area contributed by atoms with E-state index < -0.39 is 0 Å². The SMILES string of the molecule is Cc1ccc(CNC(=O)N2CCN(C(=O)N3CCCCC3)CC2)cc1. The Morgan fingerprint density at radius 2 is 1.40 bits per heavy atom. The number of benzene rings is 1. The minimum Gasteiger partial charge on any atom is -0.334 e. The number of carbonyl (C=O) groups excluding carboxylic acids is 2. The van der Waals surface area contributed by atoms with Crippen molar-refractivity contribution in [1.82, 2.24) is 20.0 Å². The maximum atomic E-state index is 12.5. The van der Waals surface area contributed by atoms with E-state index in [9.17, 15) is 9.59 Å². The van der Waals surface area contributed by atoms with Crippen molar-refractivity contribution in [3.05, 3.63) is 35.4 Å². The van der Waals surface area contributed by atoms with Crippen molar-refractivity contribution in [2.24, 2.45) is 0 Å². The lowest BCUT2D eigenvalue weighted by Crippen LogP contribution is -2.56. The number of rotatable bonds is 2. The topological polar surface area (TPSA) is 55.9 Å². The quantitative estimate of drug-likeness (QED) is 0.896. The van der Waals surface area contributed by atoms with Crippen molar-refractivity contribution in [1.29, 1.82) is 0 Å². The van der Waals surface area contributed by atoms with Gasteiger partial charge >= 0.3 is 12.1 Å². The summed E-state index contributed by atoms with van der Waals surface area (Å²) in [6.07, 6.45) is 3.43. The first-order valence-electron chi connectivity index (χ1n) is 9.25. The van der Waals surface area contributed by atoms with Gasteiger partial charge in [-0.2, -0.15) is 0 Å². The molecule has 2 aliphatic heterocycles. The van der Waals surface area contributed by atoms with Crippen LogP contribution in [0.5, 0.6) is 0 Å². The van der Waals surface area contributed by atoms with Gasteiger partial charge in [-0.3, -0.25) is 0 Å². The van der Waals surface area contributed by atoms with Crippen LogP contribution in [0.3, 0.4) is 0 Å². The van der Waals surface area contributed by atoms with E-state index in [1.165, 1.54) is 12.0 Å². The number of urea groups is 2. The average Bonchev–Trinajstić information content (AvgIpc) is 2.67. The van der Waals surface area contributed by atoms with Gasteiger partial charge in [-0.25, -0.2) is 9.59 Å². The van der Waals surface area contributed by atoms with E-state index in [2.05, 4.69) is 5.32 Å². The fourth-order valence-corrected chi connectivity index (χ4v) is 3.38. The van der Waals surface area contributed by atoms with Crippen LogP contribution >= 0.6 is 0 Å². The Labute approximate surface area is 149 Å². The Hall–Kier alpha value is -2.24. The van der Waals surface area contributed by atoms with Crippen molar-refractivity contribution in [2.75, 3.05) is 39.3 Å². The van der Waals surface area contributed by atoms with Crippen LogP contribution in [-0.2, 0) is 6.54 Å². The van der Waals surface area contributed by atoms with Gasteiger partial charge < -0.3 is 20.0 Å². The smallest absolute Gasteiger partial charge is 0.320 e. The zero-order valence-electron chi connectivity index (χ0n) is 15.0. The Bertz CT molecular complexity index is 588. The highest BCUT2D eigenvalue weighted by atomic mass is 16.2. The number of nitrogens with zero attached hydrogens (tertiary/aromatic N) is 3. The van der Waals surface area contributed by atoms with E-state index in [1.807, 2.05) is 41.0 Å². The highest BCUT2D eigenvalue weighted by molar-refractivity contribution is 5.76. The summed E-state index contributed by atoms with van der Waals surface area (Å²) in [5.74, 6) is 0. The molecule has 0 saturated carbocycles. The number of nitrogens with one attached hydrogen (secondary N) is 1. The second-order valence-electron chi connectivity index (χ2n) is 6.95. The molecule has 136 valence electrons. The highest BCUT2D eigenvalue weighted by Crippen LogP contribution is 2.13. The first kappa shape index (κ1) is 17.6. The van der Waals surface area contributed by atoms with Crippen molar-refractivity contribution in [3.8, 4) is 0 Å². The summed E-state index contributed by atoms with van der Waals surface area (Å²) in [7, 11) is 0. The molecule has 2 fully saturated rings. The fraction of sp³-hybridized carbons (Fsp3) is 0.579. The molecule has 6 heteroatoms. The van der Waals surface area contributed by atoms with E-state index >= 15 is 0 Å². The van der Waals surface area contributed by atoms with Crippen LogP contribution in [0.15, 0.2) is 24.3 Å². The molecule has 1 aromatic rings. The zero-order chi connectivity index (χ0) is 17.6. The van der Waals surface area contributed by atoms with E-state index in [0.29, 0.717) is 32.7 Å². The van der Waals surface area contributed by atoms with Gasteiger partial charge in [-0.05, 0) is 31.7 Å². The average molecular weight is 344 g/mol. The summed E-state index contributed by atoms with van der Waals surface area (Å²) in [6.45, 7) is 6.75. The molecule has 6 nitrogen and oxygen atoms in total. The van der Waals surface area contributed by atoms with Gasteiger partial charge in [0.15, 0.2) is 0 Å². The van der Waals surface area contributed by atoms with Gasteiger partial charge in [0.2, 0.25) is 0 Å². The maximum Gasteiger partial charge on any atom is 0.320 e. The largest absolute Gasteiger partial charge is 0.334 e. The second-order valence-corrected chi connectivity index (χ2v) is 6.95. The molecule has 0 radical (unpaired) electrons. The van der Waals surface area contributed by atoms with Gasteiger partial charge in [-0.1, -0.05) is 29.8 Å². The van der Waals surface area contributed by atoms with E-state index in [0.717, 1.165) is 31.5 Å². The molecular weight excluding hydrogens is 316 g/mol. The predicted molar refractivity (Wildman–Crippen MR) is 97.4 cm³/mol. The molecule has 3 rings (SSSR count). The number of aryl methyl sites for hydroxylation is 1. The Morgan fingerprint density at radius 1 is 0.840 bits per heavy atom. The van der Waals surface area contributed by atoms with E-state index in [-0.39, 0.29) is 12.1 Å². The second kappa shape index (κ2) is 8.23. The van der Waals surface area contributed by atoms with Crippen LogP contribution in [0.1, 0.15) is 30.4 Å². The van der Waals surface area contributed by atoms with Gasteiger partial charge in [0, 0.05) is 45.8 Å². The summed E-state index contributed by atoms with van der Waals surface area (Å²) in [5.41, 5.74) is 2.31. The van der Waals surface area contributed by atoms with Gasteiger partial charge in [-0.15, -0.1) is 0 Å². The summed E-state index contributed by atoms with van der Waals surface area (Å²) in [6, 6.07) is 8.25. The third kappa shape index (κ3) is 4.65. The van der Waals surface area contributed by atoms with Gasteiger partial charge in [0.25, 0.3) is 0 Å². The lowest BCUT2D eigenvalue weighted by molar-refractivity contribution is 0.113. The maximum absolute atomic E-state index is 12.5. The Morgan fingerprint density at radius 3 is 2.04 bits per heavy atom. The standard InChI is InChI=1S/C19H28N4O2/c1-16-5-7-17(8-6-16)15-20-18(24)21-11-13-23(14-12-21)19(25)22-9-3-2-4-10-22/h5-8H,2-4,9-15H2,1H3,(H,20,24). The lowest BCUT2D eigenvalue weighted by atomic mass is 10.1. The molecule has 2 heterocycles. The zero-order valence-corrected chi connectivity index (χ0v) is 15.0. The number of amides is 4. The number of hydrogen-bond donors (Lipinski definition) is 1. The summed E-state index contributed by atoms with van der Waals surface area (Å²) < 4.78 is 0. The molecule has 1 aromatic carbocycles. The molecule has 1 N–H and O–H groups in total. The number of piperazine rings is 1. The first-order chi connectivity index (χ1) is 12.1. The minimum atomic E-state index is -0.0503. The first-order valence-corrected chi connectivity index (χ1v) is 9.25. The van der Waals surface area contributed by atoms with E-state index in [4.69, 9.17) is 0 Å². The summed E-state index contributed by atoms with van der Waals surface area (Å²) in [4.78, 5) is 30.5. The number of hydrogen-bond acceptors (Lipinski definition) is 2. The fourth-order valence-electron chi connectivity index (χ4n) is 3.38. The van der Waals surface area contributed by atoms with Crippen molar-refractivity contribution in [3.63, 3.8) is 0 Å². The van der Waals surface area contributed by atoms with Crippen LogP contribution < -0.4 is 5.32 Å². The Kier molecular flexibility index (Phi) is 5.79. The molecule has 25 heavy (non-hydrogen) atoms. The molecule has 0 aliphatic carbocycles. The molecule has 0 unspecified atom stereocenters. The summed E-state index contributed by atoms with van der Waals surface area (Å²) >= 11 is 0. The van der Waals surface area contributed by atoms with Crippen LogP contribution in [0.4, 0.5) is 9.59 Å². The van der Waals surface area contributed by atoms with Gasteiger partial charge in [0.1, 0.15) is 0 Å². The van der Waals surface area contributed by atoms with Crippen LogP contribution in [0.2, 0.25) is 0 Å². The van der Waals surface area contributed by atoms with Crippen molar-refractivity contribution >= 4 is 12.1 Å². The summed E-state index contributed by atoms with van der Waals surface area (Å²) in [5, 5.41) is 2.97. The van der Waals surface area contributed by atoms with Crippen molar-refractivity contribution < 1.29 is 9.59 Å². The van der Waals surface area contributed by atoms with Crippen LogP contribution in [0, 0.1) is 6.92 Å². The highest BCUT2D eigenvalue weighted by Gasteiger charge is 2.27. The normalized spacial score (nSPS) is 18.2. The molecule has 0 bridgehead atoms. The molecule has 2 saturated heterocycles. The van der Waals surface area contributed by atoms with E-state index in [1.54, 1.807) is 4.90 Å². The molecule has 0 atom stereocenters. The monoisotopic (exact) mass is 344 g/mol. The molecular formula is C19H28N4O2. The van der Waals surface area contributed by atoms with Crippen LogP contribution in [0.25, 0.3) is 0 Å². The van der Waals surface area contributed by atoms with Crippen molar-refractivity contribution in [2.45, 2.75) is 32.7 Å². The van der Waals surface area contributed by atoms with Gasteiger partial charge in [0.05, 0.1) is 0 Å². The Balaban J connectivity index is 1.42. The third-order valence-electron chi connectivity index (χ3n) is 5.03. The van der Waals surface area contributed by atoms with Crippen LogP contribution in [-0.4, -0.2) is 66.0 Å². The molecule has 0 aromatic heterocycles. The predicted octanol–water partition coefficient (Wildman–Crippen LogP) is 2.43. The number of carbonyl (C=O) groups is 2. The minimum absolute atomic E-state index is 0.0503. The number of piperidine rings is 1. The molecule has 2 aliphatic rings. The lowest BCUT2D eigenvalue weighted by Gasteiger charge is -2.38. The number of likely N-dealkylation sites (tertiary alicyclic amines) is 1. The molecule has 0 spiro atoms. The third-order valence-corrected chi connectivity index (χ3v) is 5.03.